The molecule has 3 rings (SSSR count). The smallest absolute Gasteiger partial charge is 0.344 e. The van der Waals surface area contributed by atoms with Gasteiger partial charge >= 0.3 is 5.63 Å². The van der Waals surface area contributed by atoms with Crippen LogP contribution in [0.1, 0.15) is 5.56 Å². The van der Waals surface area contributed by atoms with Gasteiger partial charge in [0, 0.05) is 5.56 Å². The van der Waals surface area contributed by atoms with E-state index >= 15 is 0 Å². The molecular formula is C16H12O2. The van der Waals surface area contributed by atoms with E-state index < -0.39 is 0 Å². The van der Waals surface area contributed by atoms with Crippen molar-refractivity contribution < 1.29 is 4.42 Å². The second kappa shape index (κ2) is 4.15. The van der Waals surface area contributed by atoms with Gasteiger partial charge in [0.05, 0.1) is 5.39 Å². The fourth-order valence-electron chi connectivity index (χ4n) is 2.06. The lowest BCUT2D eigenvalue weighted by atomic mass is 10.1. The third-order valence-electron chi connectivity index (χ3n) is 2.97. The van der Waals surface area contributed by atoms with Crippen molar-refractivity contribution in [2.75, 3.05) is 0 Å². The topological polar surface area (TPSA) is 30.2 Å². The van der Waals surface area contributed by atoms with Crippen LogP contribution in [0, 0.1) is 6.92 Å². The van der Waals surface area contributed by atoms with Crippen molar-refractivity contribution in [2.24, 2.45) is 0 Å². The highest BCUT2D eigenvalue weighted by Crippen LogP contribution is 2.22. The molecule has 3 aromatic rings. The number of benzene rings is 2. The molecular weight excluding hydrogens is 224 g/mol. The highest BCUT2D eigenvalue weighted by molar-refractivity contribution is 5.84. The molecule has 0 saturated heterocycles. The Morgan fingerprint density at radius 2 is 1.72 bits per heavy atom. The van der Waals surface area contributed by atoms with Crippen molar-refractivity contribution in [1.82, 2.24) is 0 Å². The van der Waals surface area contributed by atoms with E-state index in [0.717, 1.165) is 16.5 Å². The van der Waals surface area contributed by atoms with Crippen LogP contribution < -0.4 is 5.63 Å². The van der Waals surface area contributed by atoms with E-state index in [1.54, 1.807) is 0 Å². The number of fused-ring (bicyclic) bond motifs is 1. The first kappa shape index (κ1) is 10.8. The molecule has 0 bridgehead atoms. The maximum absolute atomic E-state index is 11.9. The monoisotopic (exact) mass is 236 g/mol. The molecule has 2 nitrogen and oxygen atoms in total. The summed E-state index contributed by atoms with van der Waals surface area (Å²) >= 11 is 0. The summed E-state index contributed by atoms with van der Waals surface area (Å²) in [6, 6.07) is 17.3. The Hall–Kier alpha value is -2.35. The summed E-state index contributed by atoms with van der Waals surface area (Å²) in [4.78, 5) is 11.9. The molecule has 0 fully saturated rings. The van der Waals surface area contributed by atoms with E-state index in [9.17, 15) is 4.79 Å². The van der Waals surface area contributed by atoms with Gasteiger partial charge in [-0.15, -0.1) is 0 Å². The van der Waals surface area contributed by atoms with Gasteiger partial charge in [0.15, 0.2) is 0 Å². The Morgan fingerprint density at radius 3 is 2.50 bits per heavy atom. The Morgan fingerprint density at radius 1 is 0.944 bits per heavy atom. The van der Waals surface area contributed by atoms with Gasteiger partial charge in [-0.3, -0.25) is 0 Å². The molecule has 1 heterocycles. The minimum Gasteiger partial charge on any atom is -0.422 e. The number of hydrogen-bond acceptors (Lipinski definition) is 2. The van der Waals surface area contributed by atoms with Crippen LogP contribution in [0.3, 0.4) is 0 Å². The summed E-state index contributed by atoms with van der Waals surface area (Å²) in [5.74, 6) is 0.610. The second-order valence-electron chi connectivity index (χ2n) is 4.35. The molecule has 0 radical (unpaired) electrons. The van der Waals surface area contributed by atoms with Crippen LogP contribution in [0.25, 0.3) is 22.1 Å². The minimum atomic E-state index is -0.286. The van der Waals surface area contributed by atoms with Crippen molar-refractivity contribution >= 4 is 10.8 Å². The summed E-state index contributed by atoms with van der Waals surface area (Å²) in [5, 5.41) is 1.55. The molecule has 0 atom stereocenters. The zero-order valence-corrected chi connectivity index (χ0v) is 10.0. The molecule has 88 valence electrons. The molecule has 0 spiro atoms. The molecule has 0 saturated carbocycles. The lowest BCUT2D eigenvalue weighted by molar-refractivity contribution is 0.534. The normalized spacial score (nSPS) is 10.7. The molecule has 2 heteroatoms. The van der Waals surface area contributed by atoms with Crippen molar-refractivity contribution in [3.05, 3.63) is 70.6 Å². The average molecular weight is 236 g/mol. The lowest BCUT2D eigenvalue weighted by Gasteiger charge is -2.03. The second-order valence-corrected chi connectivity index (χ2v) is 4.35. The third-order valence-corrected chi connectivity index (χ3v) is 2.97. The predicted octanol–water partition coefficient (Wildman–Crippen LogP) is 3.77. The highest BCUT2D eigenvalue weighted by atomic mass is 16.4. The molecule has 0 aliphatic carbocycles. The van der Waals surface area contributed by atoms with Gasteiger partial charge in [0.2, 0.25) is 0 Å². The standard InChI is InChI=1S/C16H12O2/c1-11-7-8-14-13(9-11)10-15(18-16(14)17)12-5-3-2-4-6-12/h2-10H,1H3. The van der Waals surface area contributed by atoms with E-state index in [0.29, 0.717) is 11.1 Å². The van der Waals surface area contributed by atoms with Crippen LogP contribution >= 0.6 is 0 Å². The summed E-state index contributed by atoms with van der Waals surface area (Å²) in [6.07, 6.45) is 0. The van der Waals surface area contributed by atoms with Crippen molar-refractivity contribution in [3.8, 4) is 11.3 Å². The van der Waals surface area contributed by atoms with E-state index in [-0.39, 0.29) is 5.63 Å². The zero-order valence-electron chi connectivity index (χ0n) is 10.0. The summed E-state index contributed by atoms with van der Waals surface area (Å²) in [7, 11) is 0. The van der Waals surface area contributed by atoms with Crippen LogP contribution in [-0.2, 0) is 0 Å². The van der Waals surface area contributed by atoms with Crippen molar-refractivity contribution in [2.45, 2.75) is 6.92 Å². The van der Waals surface area contributed by atoms with Gasteiger partial charge in [-0.2, -0.15) is 0 Å². The van der Waals surface area contributed by atoms with Gasteiger partial charge in [-0.1, -0.05) is 48.0 Å². The van der Waals surface area contributed by atoms with E-state index in [2.05, 4.69) is 0 Å². The molecule has 0 unspecified atom stereocenters. The summed E-state index contributed by atoms with van der Waals surface area (Å²) < 4.78 is 5.36. The largest absolute Gasteiger partial charge is 0.422 e. The van der Waals surface area contributed by atoms with Crippen LogP contribution in [0.2, 0.25) is 0 Å². The Bertz CT molecular complexity index is 755. The van der Waals surface area contributed by atoms with Crippen LogP contribution in [-0.4, -0.2) is 0 Å². The Balaban J connectivity index is 2.30. The first-order chi connectivity index (χ1) is 8.74. The van der Waals surface area contributed by atoms with E-state index in [4.69, 9.17) is 4.42 Å². The van der Waals surface area contributed by atoms with Gasteiger partial charge < -0.3 is 4.42 Å². The SMILES string of the molecule is Cc1ccc2c(=O)oc(-c3ccccc3)cc2c1. The summed E-state index contributed by atoms with van der Waals surface area (Å²) in [6.45, 7) is 2.01. The fraction of sp³-hybridized carbons (Fsp3) is 0.0625. The molecule has 2 aromatic carbocycles. The Labute approximate surface area is 105 Å². The van der Waals surface area contributed by atoms with Gasteiger partial charge in [-0.05, 0) is 24.4 Å². The van der Waals surface area contributed by atoms with Crippen molar-refractivity contribution in [3.63, 3.8) is 0 Å². The summed E-state index contributed by atoms with van der Waals surface area (Å²) in [5.41, 5.74) is 1.76. The van der Waals surface area contributed by atoms with Crippen molar-refractivity contribution in [1.29, 1.82) is 0 Å². The highest BCUT2D eigenvalue weighted by Gasteiger charge is 2.06. The quantitative estimate of drug-likeness (QED) is 0.643. The molecule has 0 N–H and O–H groups in total. The van der Waals surface area contributed by atoms with Gasteiger partial charge in [0.1, 0.15) is 5.76 Å². The zero-order chi connectivity index (χ0) is 12.5. The molecule has 0 aliphatic rings. The molecule has 0 aliphatic heterocycles. The predicted molar refractivity (Wildman–Crippen MR) is 72.7 cm³/mol. The lowest BCUT2D eigenvalue weighted by Crippen LogP contribution is -2.00. The maximum atomic E-state index is 11.9. The molecule has 18 heavy (non-hydrogen) atoms. The number of aryl methyl sites for hydroxylation is 1. The molecule has 0 amide bonds. The van der Waals surface area contributed by atoms with Crippen LogP contribution in [0.15, 0.2) is 63.8 Å². The maximum Gasteiger partial charge on any atom is 0.344 e. The van der Waals surface area contributed by atoms with E-state index in [1.807, 2.05) is 61.5 Å². The number of hydrogen-bond donors (Lipinski definition) is 0. The Kier molecular flexibility index (Phi) is 2.49. The third kappa shape index (κ3) is 1.82. The molecule has 1 aromatic heterocycles. The van der Waals surface area contributed by atoms with Crippen LogP contribution in [0.5, 0.6) is 0 Å². The van der Waals surface area contributed by atoms with Gasteiger partial charge in [0.25, 0.3) is 0 Å². The first-order valence-electron chi connectivity index (χ1n) is 5.84. The van der Waals surface area contributed by atoms with Crippen LogP contribution in [0.4, 0.5) is 0 Å². The minimum absolute atomic E-state index is 0.286. The average Bonchev–Trinajstić information content (AvgIpc) is 2.39. The van der Waals surface area contributed by atoms with Gasteiger partial charge in [-0.25, -0.2) is 4.79 Å². The number of rotatable bonds is 1. The fourth-order valence-corrected chi connectivity index (χ4v) is 2.06. The van der Waals surface area contributed by atoms with E-state index in [1.165, 1.54) is 0 Å². The first-order valence-corrected chi connectivity index (χ1v) is 5.84.